The molecule has 4 heterocycles. The Kier molecular flexibility index (Phi) is 5.55. The van der Waals surface area contributed by atoms with Gasteiger partial charge in [0.2, 0.25) is 0 Å². The maximum atomic E-state index is 12.9. The Hall–Kier alpha value is -2.64. The highest BCUT2D eigenvalue weighted by Gasteiger charge is 2.30. The lowest BCUT2D eigenvalue weighted by Gasteiger charge is -2.38. The summed E-state index contributed by atoms with van der Waals surface area (Å²) in [5.74, 6) is 1.14. The molecule has 0 unspecified atom stereocenters. The van der Waals surface area contributed by atoms with Crippen LogP contribution in [0.1, 0.15) is 31.4 Å². The number of pyridine rings is 2. The first kappa shape index (κ1) is 19.3. The van der Waals surface area contributed by atoms with Gasteiger partial charge in [0.05, 0.1) is 31.1 Å². The Balaban J connectivity index is 1.23. The van der Waals surface area contributed by atoms with E-state index in [0.717, 1.165) is 74.1 Å². The van der Waals surface area contributed by atoms with Crippen molar-refractivity contribution in [2.24, 2.45) is 5.92 Å². The predicted octanol–water partition coefficient (Wildman–Crippen LogP) is 3.29. The van der Waals surface area contributed by atoms with E-state index in [-0.39, 0.29) is 5.92 Å². The zero-order valence-corrected chi connectivity index (χ0v) is 17.0. The number of hydrogen-bond donors (Lipinski definition) is 0. The van der Waals surface area contributed by atoms with Crippen LogP contribution in [0.15, 0.2) is 41.5 Å². The lowest BCUT2D eigenvalue weighted by molar-refractivity contribution is -0.123. The fourth-order valence-electron chi connectivity index (χ4n) is 4.69. The second kappa shape index (κ2) is 8.62. The molecule has 0 N–H and O–H groups in total. The zero-order valence-electron chi connectivity index (χ0n) is 17.0. The second-order valence-electron chi connectivity index (χ2n) is 8.25. The minimum Gasteiger partial charge on any atom is -0.443 e. The van der Waals surface area contributed by atoms with E-state index in [0.29, 0.717) is 24.0 Å². The summed E-state index contributed by atoms with van der Waals surface area (Å²) >= 11 is 0. The van der Waals surface area contributed by atoms with E-state index < -0.39 is 0 Å². The first-order valence-electron chi connectivity index (χ1n) is 10.7. The molecular weight excluding hydrogens is 380 g/mol. The molecular formula is C23H26N4O3. The Morgan fingerprint density at radius 2 is 1.87 bits per heavy atom. The van der Waals surface area contributed by atoms with Crippen LogP contribution in [0.4, 0.5) is 0 Å². The van der Waals surface area contributed by atoms with Crippen LogP contribution in [0.3, 0.4) is 0 Å². The number of nitrogens with zero attached hydrogens (tertiary/aromatic N) is 4. The van der Waals surface area contributed by atoms with Gasteiger partial charge < -0.3 is 9.15 Å². The number of hydrogen-bond acceptors (Lipinski definition) is 7. The number of ether oxygens (including phenoxy) is 1. The molecule has 3 aromatic rings. The molecule has 0 bridgehead atoms. The van der Waals surface area contributed by atoms with Gasteiger partial charge >= 0.3 is 0 Å². The smallest absolute Gasteiger partial charge is 0.181 e. The molecule has 1 aliphatic carbocycles. The van der Waals surface area contributed by atoms with Crippen molar-refractivity contribution in [1.82, 2.24) is 19.9 Å². The largest absolute Gasteiger partial charge is 0.443 e. The van der Waals surface area contributed by atoms with Crippen molar-refractivity contribution in [2.45, 2.75) is 38.1 Å². The van der Waals surface area contributed by atoms with Crippen LogP contribution < -0.4 is 0 Å². The molecule has 30 heavy (non-hydrogen) atoms. The molecule has 0 radical (unpaired) electrons. The quantitative estimate of drug-likeness (QED) is 0.643. The SMILES string of the molecule is O=C(Cc1cc2cc(-c3cnco3)cnc2cn1)C1CCC(N2CCOCC2)CC1. The monoisotopic (exact) mass is 406 g/mol. The molecule has 5 rings (SSSR count). The standard InChI is InChI=1S/C23H26N4O3/c28-22(16-1-3-20(4-2-16)27-5-7-29-8-6-27)11-19-10-17-9-18(23-14-24-15-30-23)12-26-21(17)13-25-19/h9-10,12-16,20H,1-8,11H2. The first-order chi connectivity index (χ1) is 14.8. The van der Waals surface area contributed by atoms with Crippen LogP contribution in [0.25, 0.3) is 22.2 Å². The summed E-state index contributed by atoms with van der Waals surface area (Å²) in [6.07, 6.45) is 11.1. The molecule has 0 spiro atoms. The minimum absolute atomic E-state index is 0.151. The topological polar surface area (TPSA) is 81.3 Å². The highest BCUT2D eigenvalue weighted by Crippen LogP contribution is 2.30. The second-order valence-corrected chi connectivity index (χ2v) is 8.25. The minimum atomic E-state index is 0.151. The summed E-state index contributed by atoms with van der Waals surface area (Å²) in [7, 11) is 0. The van der Waals surface area contributed by atoms with Crippen molar-refractivity contribution < 1.29 is 13.9 Å². The molecule has 3 aromatic heterocycles. The van der Waals surface area contributed by atoms with Crippen molar-refractivity contribution >= 4 is 16.7 Å². The molecule has 0 aromatic carbocycles. The Morgan fingerprint density at radius 1 is 1.03 bits per heavy atom. The van der Waals surface area contributed by atoms with Gasteiger partial charge in [0, 0.05) is 54.3 Å². The van der Waals surface area contributed by atoms with Crippen molar-refractivity contribution in [2.75, 3.05) is 26.3 Å². The molecule has 7 nitrogen and oxygen atoms in total. The summed E-state index contributed by atoms with van der Waals surface area (Å²) in [6.45, 7) is 3.71. The maximum Gasteiger partial charge on any atom is 0.181 e. The van der Waals surface area contributed by atoms with Crippen LogP contribution in [-0.4, -0.2) is 58.0 Å². The molecule has 0 atom stereocenters. The van der Waals surface area contributed by atoms with E-state index in [4.69, 9.17) is 9.15 Å². The van der Waals surface area contributed by atoms with Crippen molar-refractivity contribution in [3.63, 3.8) is 0 Å². The van der Waals surface area contributed by atoms with Gasteiger partial charge in [-0.25, -0.2) is 4.98 Å². The van der Waals surface area contributed by atoms with Gasteiger partial charge in [0.15, 0.2) is 12.2 Å². The van der Waals surface area contributed by atoms with E-state index in [1.807, 2.05) is 12.1 Å². The molecule has 2 fully saturated rings. The molecule has 1 saturated heterocycles. The van der Waals surface area contributed by atoms with E-state index in [1.165, 1.54) is 6.39 Å². The number of oxazole rings is 1. The van der Waals surface area contributed by atoms with Crippen LogP contribution in [0, 0.1) is 5.92 Å². The molecule has 0 amide bonds. The highest BCUT2D eigenvalue weighted by atomic mass is 16.5. The van der Waals surface area contributed by atoms with Crippen molar-refractivity contribution in [3.05, 3.63) is 42.8 Å². The lowest BCUT2D eigenvalue weighted by Crippen LogP contribution is -2.45. The number of morpholine rings is 1. The number of aromatic nitrogens is 3. The Bertz CT molecular complexity index is 1010. The Labute approximate surface area is 175 Å². The van der Waals surface area contributed by atoms with E-state index in [2.05, 4.69) is 19.9 Å². The third-order valence-electron chi connectivity index (χ3n) is 6.41. The normalized spacial score (nSPS) is 22.9. The van der Waals surface area contributed by atoms with Gasteiger partial charge in [-0.15, -0.1) is 0 Å². The maximum absolute atomic E-state index is 12.9. The van der Waals surface area contributed by atoms with Gasteiger partial charge in [-0.3, -0.25) is 19.7 Å². The summed E-state index contributed by atoms with van der Waals surface area (Å²) in [5.41, 5.74) is 2.48. The van der Waals surface area contributed by atoms with Crippen molar-refractivity contribution in [3.8, 4) is 11.3 Å². The van der Waals surface area contributed by atoms with E-state index in [1.54, 1.807) is 18.6 Å². The number of carbonyl (C=O) groups is 1. The summed E-state index contributed by atoms with van der Waals surface area (Å²) in [4.78, 5) is 28.4. The van der Waals surface area contributed by atoms with Gasteiger partial charge in [-0.2, -0.15) is 0 Å². The fourth-order valence-corrected chi connectivity index (χ4v) is 4.69. The summed E-state index contributed by atoms with van der Waals surface area (Å²) < 4.78 is 10.8. The number of fused-ring (bicyclic) bond motifs is 1. The van der Waals surface area contributed by atoms with Crippen LogP contribution in [0.5, 0.6) is 0 Å². The summed E-state index contributed by atoms with van der Waals surface area (Å²) in [6, 6.07) is 4.59. The van der Waals surface area contributed by atoms with Crippen LogP contribution >= 0.6 is 0 Å². The number of carbonyl (C=O) groups excluding carboxylic acids is 1. The third-order valence-corrected chi connectivity index (χ3v) is 6.41. The lowest BCUT2D eigenvalue weighted by atomic mass is 9.81. The van der Waals surface area contributed by atoms with E-state index >= 15 is 0 Å². The van der Waals surface area contributed by atoms with Gasteiger partial charge in [0.25, 0.3) is 0 Å². The highest BCUT2D eigenvalue weighted by molar-refractivity contribution is 5.86. The number of rotatable bonds is 5. The number of ketones is 1. The number of Topliss-reactive ketones (excluding diaryl/α,β-unsaturated/α-hetero) is 1. The van der Waals surface area contributed by atoms with Crippen molar-refractivity contribution in [1.29, 1.82) is 0 Å². The van der Waals surface area contributed by atoms with Gasteiger partial charge in [-0.05, 0) is 37.8 Å². The fraction of sp³-hybridized carbons (Fsp3) is 0.478. The molecule has 1 aliphatic heterocycles. The van der Waals surface area contributed by atoms with Crippen LogP contribution in [-0.2, 0) is 16.0 Å². The predicted molar refractivity (Wildman–Crippen MR) is 112 cm³/mol. The van der Waals surface area contributed by atoms with Gasteiger partial charge in [0.1, 0.15) is 5.78 Å². The zero-order chi connectivity index (χ0) is 20.3. The first-order valence-corrected chi connectivity index (χ1v) is 10.7. The third kappa shape index (κ3) is 4.13. The molecule has 2 aliphatic rings. The van der Waals surface area contributed by atoms with Crippen LogP contribution in [0.2, 0.25) is 0 Å². The Morgan fingerprint density at radius 3 is 2.63 bits per heavy atom. The van der Waals surface area contributed by atoms with Gasteiger partial charge in [-0.1, -0.05) is 0 Å². The average molecular weight is 406 g/mol. The molecule has 7 heteroatoms. The average Bonchev–Trinajstić information content (AvgIpc) is 3.34. The molecule has 1 saturated carbocycles. The summed E-state index contributed by atoms with van der Waals surface area (Å²) in [5, 5.41) is 0.956. The van der Waals surface area contributed by atoms with E-state index in [9.17, 15) is 4.79 Å². The molecule has 156 valence electrons.